The molecule has 3 rings (SSSR count). The van der Waals surface area contributed by atoms with Crippen LogP contribution in [0.3, 0.4) is 0 Å². The third kappa shape index (κ3) is 9.75. The number of hydrogen-bond donors (Lipinski definition) is 3. The number of fused-ring (bicyclic) bond motifs is 1. The first-order valence-electron chi connectivity index (χ1n) is 13.8. The van der Waals surface area contributed by atoms with Crippen molar-refractivity contribution in [1.82, 2.24) is 5.32 Å². The average molecular weight is 522 g/mol. The van der Waals surface area contributed by atoms with Gasteiger partial charge in [0.25, 0.3) is 0 Å². The summed E-state index contributed by atoms with van der Waals surface area (Å²) in [6, 6.07) is 16.1. The van der Waals surface area contributed by atoms with Crippen molar-refractivity contribution in [2.24, 2.45) is 11.7 Å². The number of nitriles is 1. The van der Waals surface area contributed by atoms with Crippen molar-refractivity contribution in [2.75, 3.05) is 26.3 Å². The smallest absolute Gasteiger partial charge is 0.306 e. The largest absolute Gasteiger partial charge is 0.489 e. The average Bonchev–Trinajstić information content (AvgIpc) is 3.31. The molecule has 0 spiro atoms. The minimum absolute atomic E-state index is 0.0704. The molecule has 4 N–H and O–H groups in total. The minimum Gasteiger partial charge on any atom is -0.489 e. The highest BCUT2D eigenvalue weighted by molar-refractivity contribution is 5.69. The highest BCUT2D eigenvalue weighted by Gasteiger charge is 2.28. The second-order valence-electron chi connectivity index (χ2n) is 11.0. The van der Waals surface area contributed by atoms with E-state index in [-0.39, 0.29) is 24.5 Å². The Labute approximate surface area is 227 Å². The van der Waals surface area contributed by atoms with E-state index in [9.17, 15) is 15.2 Å². The van der Waals surface area contributed by atoms with Gasteiger partial charge in [0.05, 0.1) is 12.2 Å². The molecule has 1 aliphatic rings. The highest BCUT2D eigenvalue weighted by Crippen LogP contribution is 2.32. The maximum atomic E-state index is 12.0. The Kier molecular flexibility index (Phi) is 11.6. The van der Waals surface area contributed by atoms with Gasteiger partial charge in [0.2, 0.25) is 0 Å². The van der Waals surface area contributed by atoms with Crippen molar-refractivity contribution in [3.63, 3.8) is 0 Å². The number of carbonyl (C=O) groups is 1. The quantitative estimate of drug-likeness (QED) is 0.225. The van der Waals surface area contributed by atoms with Crippen LogP contribution in [0.5, 0.6) is 5.75 Å². The molecule has 2 aromatic rings. The van der Waals surface area contributed by atoms with Crippen LogP contribution in [-0.4, -0.2) is 49.0 Å². The van der Waals surface area contributed by atoms with E-state index < -0.39 is 6.10 Å². The molecule has 0 aromatic heterocycles. The van der Waals surface area contributed by atoms with Crippen LogP contribution in [-0.2, 0) is 28.8 Å². The molecule has 7 nitrogen and oxygen atoms in total. The van der Waals surface area contributed by atoms with Crippen LogP contribution in [0.2, 0.25) is 0 Å². The number of aliphatic hydroxyl groups is 1. The number of aliphatic hydroxyl groups excluding tert-OH is 1. The van der Waals surface area contributed by atoms with Gasteiger partial charge in [-0.25, -0.2) is 0 Å². The molecular weight excluding hydrogens is 478 g/mol. The molecular formula is C31H43N3O4. The van der Waals surface area contributed by atoms with E-state index in [0.717, 1.165) is 44.1 Å². The molecule has 7 heteroatoms. The van der Waals surface area contributed by atoms with Crippen molar-refractivity contribution in [2.45, 2.75) is 76.9 Å². The molecule has 38 heavy (non-hydrogen) atoms. The molecule has 0 heterocycles. The number of ether oxygens (including phenoxy) is 2. The lowest BCUT2D eigenvalue weighted by Crippen LogP contribution is -2.46. The topological polar surface area (TPSA) is 118 Å². The molecule has 0 radical (unpaired) electrons. The zero-order valence-electron chi connectivity index (χ0n) is 22.9. The first kappa shape index (κ1) is 29.6. The summed E-state index contributed by atoms with van der Waals surface area (Å²) in [6.45, 7) is 5.88. The fraction of sp³-hybridized carbons (Fsp3) is 0.548. The summed E-state index contributed by atoms with van der Waals surface area (Å²) in [5.74, 6) is 0.773. The summed E-state index contributed by atoms with van der Waals surface area (Å²) in [7, 11) is 0. The summed E-state index contributed by atoms with van der Waals surface area (Å²) in [5, 5.41) is 23.6. The van der Waals surface area contributed by atoms with Gasteiger partial charge in [-0.05, 0) is 100 Å². The molecule has 0 fully saturated rings. The van der Waals surface area contributed by atoms with Gasteiger partial charge in [0, 0.05) is 18.5 Å². The number of aryl methyl sites for hydroxylation is 1. The molecule has 0 saturated heterocycles. The highest BCUT2D eigenvalue weighted by atomic mass is 16.5. The number of unbranched alkanes of at least 4 members (excludes halogenated alkanes) is 2. The van der Waals surface area contributed by atoms with Gasteiger partial charge in [-0.3, -0.25) is 4.79 Å². The fourth-order valence-corrected chi connectivity index (χ4v) is 5.09. The standard InChI is InChI=1S/C31H43N3O4/c1-31(2,19-24-16-25-8-4-5-9-26(25)17-24)34-21-28(35)22-38-29-18-23(10-12-27(29)20-33)11-13-30(36)37-15-7-3-6-14-32/h4-5,8-10,12,18,24,28,34-35H,3,6-7,11,13-17,19,21-22,32H2,1-2H3/t28-/m1/s1. The summed E-state index contributed by atoms with van der Waals surface area (Å²) in [6.07, 6.45) is 5.97. The number of nitrogens with zero attached hydrogens (tertiary/aromatic N) is 1. The van der Waals surface area contributed by atoms with Gasteiger partial charge in [0.1, 0.15) is 24.5 Å². The Morgan fingerprint density at radius 2 is 1.92 bits per heavy atom. The molecule has 0 bridgehead atoms. The second-order valence-corrected chi connectivity index (χ2v) is 11.0. The van der Waals surface area contributed by atoms with E-state index in [1.54, 1.807) is 12.1 Å². The Morgan fingerprint density at radius 3 is 2.61 bits per heavy atom. The molecule has 1 atom stereocenters. The Morgan fingerprint density at radius 1 is 1.18 bits per heavy atom. The van der Waals surface area contributed by atoms with E-state index in [4.69, 9.17) is 15.2 Å². The van der Waals surface area contributed by atoms with Crippen LogP contribution < -0.4 is 15.8 Å². The van der Waals surface area contributed by atoms with Gasteiger partial charge in [-0.2, -0.15) is 5.26 Å². The van der Waals surface area contributed by atoms with Gasteiger partial charge in [0.15, 0.2) is 0 Å². The van der Waals surface area contributed by atoms with Crippen molar-refractivity contribution in [1.29, 1.82) is 5.26 Å². The maximum absolute atomic E-state index is 12.0. The van der Waals surface area contributed by atoms with Gasteiger partial charge in [-0.1, -0.05) is 30.3 Å². The van der Waals surface area contributed by atoms with Gasteiger partial charge >= 0.3 is 5.97 Å². The molecule has 2 aromatic carbocycles. The monoisotopic (exact) mass is 521 g/mol. The summed E-state index contributed by atoms with van der Waals surface area (Å²) < 4.78 is 11.1. The van der Waals surface area contributed by atoms with Crippen LogP contribution in [0, 0.1) is 17.2 Å². The zero-order valence-corrected chi connectivity index (χ0v) is 22.9. The van der Waals surface area contributed by atoms with E-state index in [1.165, 1.54) is 11.1 Å². The lowest BCUT2D eigenvalue weighted by atomic mass is 9.88. The number of rotatable bonds is 16. The van der Waals surface area contributed by atoms with Gasteiger partial charge in [-0.15, -0.1) is 0 Å². The van der Waals surface area contributed by atoms with Crippen LogP contribution in [0.1, 0.15) is 68.2 Å². The van der Waals surface area contributed by atoms with Crippen molar-refractivity contribution in [3.05, 3.63) is 64.7 Å². The number of carbonyl (C=O) groups excluding carboxylic acids is 1. The summed E-state index contributed by atoms with van der Waals surface area (Å²) in [4.78, 5) is 12.0. The van der Waals surface area contributed by atoms with E-state index >= 15 is 0 Å². The summed E-state index contributed by atoms with van der Waals surface area (Å²) >= 11 is 0. The molecule has 0 saturated carbocycles. The van der Waals surface area contributed by atoms with Crippen LogP contribution in [0.25, 0.3) is 0 Å². The number of esters is 1. The number of hydrogen-bond acceptors (Lipinski definition) is 7. The normalized spacial score (nSPS) is 14.1. The number of benzene rings is 2. The van der Waals surface area contributed by atoms with Gasteiger partial charge < -0.3 is 25.6 Å². The Bertz CT molecular complexity index is 1050. The van der Waals surface area contributed by atoms with Crippen molar-refractivity contribution in [3.8, 4) is 11.8 Å². The third-order valence-corrected chi connectivity index (χ3v) is 7.08. The molecule has 1 aliphatic carbocycles. The van der Waals surface area contributed by atoms with Crippen molar-refractivity contribution < 1.29 is 19.4 Å². The maximum Gasteiger partial charge on any atom is 0.306 e. The lowest BCUT2D eigenvalue weighted by Gasteiger charge is -2.30. The SMILES string of the molecule is CC(C)(CC1Cc2ccccc2C1)NC[C@@H](O)COc1cc(CCC(=O)OCCCCCN)ccc1C#N. The third-order valence-electron chi connectivity index (χ3n) is 7.08. The first-order valence-corrected chi connectivity index (χ1v) is 13.8. The number of β-amino-alcohol motifs (C(OH)–C–C–N with tert-alkyl or cyclic N) is 1. The van der Waals surface area contributed by atoms with E-state index in [1.807, 2.05) is 6.07 Å². The minimum atomic E-state index is -0.723. The zero-order chi connectivity index (χ0) is 27.4. The summed E-state index contributed by atoms with van der Waals surface area (Å²) in [5.41, 5.74) is 9.53. The predicted octanol–water partition coefficient (Wildman–Crippen LogP) is 4.08. The lowest BCUT2D eigenvalue weighted by molar-refractivity contribution is -0.143. The first-order chi connectivity index (χ1) is 18.3. The molecule has 0 aliphatic heterocycles. The second kappa shape index (κ2) is 14.9. The molecule has 0 unspecified atom stereocenters. The van der Waals surface area contributed by atoms with Crippen LogP contribution >= 0.6 is 0 Å². The van der Waals surface area contributed by atoms with Crippen molar-refractivity contribution >= 4 is 5.97 Å². The molecule has 206 valence electrons. The van der Waals surface area contributed by atoms with E-state index in [0.29, 0.717) is 43.3 Å². The van der Waals surface area contributed by atoms with E-state index in [2.05, 4.69) is 49.5 Å². The Balaban J connectivity index is 1.41. The Hall–Kier alpha value is -2.92. The van der Waals surface area contributed by atoms with Crippen LogP contribution in [0.15, 0.2) is 42.5 Å². The fourth-order valence-electron chi connectivity index (χ4n) is 5.09. The predicted molar refractivity (Wildman–Crippen MR) is 149 cm³/mol. The van der Waals surface area contributed by atoms with Crippen LogP contribution in [0.4, 0.5) is 0 Å². The number of nitrogens with two attached hydrogens (primary N) is 1. The number of nitrogens with one attached hydrogen (secondary N) is 1. The molecule has 0 amide bonds.